The first kappa shape index (κ1) is 14.0. The summed E-state index contributed by atoms with van der Waals surface area (Å²) in [6, 6.07) is 6.20. The van der Waals surface area contributed by atoms with Gasteiger partial charge in [-0.05, 0) is 36.2 Å². The third kappa shape index (κ3) is 3.55. The highest BCUT2D eigenvalue weighted by atomic mass is 16.1. The number of amides is 1. The fourth-order valence-corrected chi connectivity index (χ4v) is 2.54. The van der Waals surface area contributed by atoms with Crippen LogP contribution in [0.2, 0.25) is 0 Å². The van der Waals surface area contributed by atoms with Crippen LogP contribution in [0.15, 0.2) is 18.2 Å². The Balaban J connectivity index is 2.01. The first-order valence-electron chi connectivity index (χ1n) is 6.70. The smallest absolute Gasteiger partial charge is 0.228 e. The summed E-state index contributed by atoms with van der Waals surface area (Å²) >= 11 is 0. The summed E-state index contributed by atoms with van der Waals surface area (Å²) in [6.45, 7) is 6.87. The van der Waals surface area contributed by atoms with Crippen molar-refractivity contribution in [2.24, 2.45) is 11.1 Å². The van der Waals surface area contributed by atoms with Gasteiger partial charge >= 0.3 is 0 Å². The zero-order valence-corrected chi connectivity index (χ0v) is 12.0. The van der Waals surface area contributed by atoms with Crippen LogP contribution in [0.1, 0.15) is 25.0 Å². The monoisotopic (exact) mass is 261 g/mol. The largest absolute Gasteiger partial charge is 0.330 e. The van der Waals surface area contributed by atoms with E-state index in [1.54, 1.807) is 0 Å². The zero-order valence-electron chi connectivity index (χ0n) is 12.0. The van der Waals surface area contributed by atoms with E-state index < -0.39 is 0 Å². The molecule has 1 amide bonds. The summed E-state index contributed by atoms with van der Waals surface area (Å²) in [5.74, 6) is 0.0877. The number of carbonyl (C=O) groups is 1. The van der Waals surface area contributed by atoms with Gasteiger partial charge in [-0.3, -0.25) is 4.79 Å². The number of rotatable bonds is 5. The Morgan fingerprint density at radius 3 is 2.84 bits per heavy atom. The van der Waals surface area contributed by atoms with Crippen molar-refractivity contribution in [3.8, 4) is 0 Å². The van der Waals surface area contributed by atoms with Gasteiger partial charge in [-0.15, -0.1) is 0 Å². The topological polar surface area (TPSA) is 58.4 Å². The number of hydrogen-bond donors (Lipinski definition) is 2. The molecular weight excluding hydrogens is 238 g/mol. The Bertz CT molecular complexity index is 482. The van der Waals surface area contributed by atoms with Crippen LogP contribution in [0.4, 0.5) is 5.69 Å². The van der Waals surface area contributed by atoms with E-state index in [9.17, 15) is 4.79 Å². The van der Waals surface area contributed by atoms with Crippen LogP contribution in [0.5, 0.6) is 0 Å². The van der Waals surface area contributed by atoms with Gasteiger partial charge in [0, 0.05) is 18.8 Å². The number of nitrogens with zero attached hydrogens (tertiary/aromatic N) is 1. The molecule has 3 N–H and O–H groups in total. The molecule has 1 aliphatic rings. The molecule has 1 aromatic rings. The number of nitrogens with two attached hydrogens (primary N) is 1. The van der Waals surface area contributed by atoms with Crippen LogP contribution in [0, 0.1) is 5.41 Å². The van der Waals surface area contributed by atoms with Crippen molar-refractivity contribution < 1.29 is 4.79 Å². The van der Waals surface area contributed by atoms with E-state index in [4.69, 9.17) is 5.73 Å². The highest BCUT2D eigenvalue weighted by molar-refractivity contribution is 5.99. The molecule has 0 radical (unpaired) electrons. The molecule has 0 aromatic heterocycles. The van der Waals surface area contributed by atoms with Gasteiger partial charge in [0.25, 0.3) is 0 Å². The van der Waals surface area contributed by atoms with E-state index >= 15 is 0 Å². The molecule has 2 rings (SSSR count). The molecule has 0 saturated carbocycles. The molecule has 104 valence electrons. The lowest BCUT2D eigenvalue weighted by Gasteiger charge is -2.29. The highest BCUT2D eigenvalue weighted by Gasteiger charge is 2.20. The van der Waals surface area contributed by atoms with Crippen molar-refractivity contribution in [3.05, 3.63) is 29.3 Å². The van der Waals surface area contributed by atoms with Crippen molar-refractivity contribution in [3.63, 3.8) is 0 Å². The number of carbonyl (C=O) groups excluding carboxylic acids is 1. The van der Waals surface area contributed by atoms with Gasteiger partial charge in [0.2, 0.25) is 5.91 Å². The molecule has 0 aliphatic carbocycles. The second-order valence-corrected chi connectivity index (χ2v) is 6.26. The predicted octanol–water partition coefficient (Wildman–Crippen LogP) is 1.60. The van der Waals surface area contributed by atoms with Gasteiger partial charge in [-0.1, -0.05) is 26.0 Å². The number of benzene rings is 1. The lowest BCUT2D eigenvalue weighted by molar-refractivity contribution is -0.115. The number of anilines is 1. The summed E-state index contributed by atoms with van der Waals surface area (Å²) in [7, 11) is 2.11. The van der Waals surface area contributed by atoms with E-state index in [1.807, 2.05) is 6.07 Å². The SMILES string of the molecule is CN(Cc1ccc2c(c1)CC(=O)N2)CC(C)(C)CN. The zero-order chi connectivity index (χ0) is 14.0. The van der Waals surface area contributed by atoms with Crippen LogP contribution in [0.3, 0.4) is 0 Å². The first-order valence-corrected chi connectivity index (χ1v) is 6.70. The normalized spacial score (nSPS) is 14.7. The van der Waals surface area contributed by atoms with Crippen molar-refractivity contribution in [1.82, 2.24) is 4.90 Å². The van der Waals surface area contributed by atoms with E-state index in [1.165, 1.54) is 5.56 Å². The van der Waals surface area contributed by atoms with Gasteiger partial charge in [-0.2, -0.15) is 0 Å². The summed E-state index contributed by atoms with van der Waals surface area (Å²) < 4.78 is 0. The second-order valence-electron chi connectivity index (χ2n) is 6.26. The Labute approximate surface area is 115 Å². The van der Waals surface area contributed by atoms with E-state index in [-0.39, 0.29) is 11.3 Å². The van der Waals surface area contributed by atoms with Gasteiger partial charge in [-0.25, -0.2) is 0 Å². The first-order chi connectivity index (χ1) is 8.89. The second kappa shape index (κ2) is 5.31. The van der Waals surface area contributed by atoms with Crippen LogP contribution < -0.4 is 11.1 Å². The van der Waals surface area contributed by atoms with Crippen molar-refractivity contribution >= 4 is 11.6 Å². The summed E-state index contributed by atoms with van der Waals surface area (Å²) in [4.78, 5) is 13.6. The van der Waals surface area contributed by atoms with Crippen LogP contribution >= 0.6 is 0 Å². The molecule has 0 fully saturated rings. The molecule has 19 heavy (non-hydrogen) atoms. The molecule has 0 spiro atoms. The molecule has 1 aliphatic heterocycles. The number of hydrogen-bond acceptors (Lipinski definition) is 3. The van der Waals surface area contributed by atoms with Crippen LogP contribution in [-0.4, -0.2) is 30.9 Å². The maximum Gasteiger partial charge on any atom is 0.228 e. The summed E-state index contributed by atoms with van der Waals surface area (Å²) in [6.07, 6.45) is 0.501. The fourth-order valence-electron chi connectivity index (χ4n) is 2.54. The summed E-state index contributed by atoms with van der Waals surface area (Å²) in [5.41, 5.74) is 9.20. The Kier molecular flexibility index (Phi) is 3.92. The van der Waals surface area contributed by atoms with Gasteiger partial charge in [0.1, 0.15) is 0 Å². The van der Waals surface area contributed by atoms with E-state index in [0.29, 0.717) is 13.0 Å². The predicted molar refractivity (Wildman–Crippen MR) is 77.9 cm³/mol. The maximum atomic E-state index is 11.3. The standard InChI is InChI=1S/C15H23N3O/c1-15(2,9-16)10-18(3)8-11-4-5-13-12(6-11)7-14(19)17-13/h4-6H,7-10,16H2,1-3H3,(H,17,19). The number of nitrogens with one attached hydrogen (secondary N) is 1. The molecular formula is C15H23N3O. The highest BCUT2D eigenvalue weighted by Crippen LogP contribution is 2.24. The van der Waals surface area contributed by atoms with Crippen LogP contribution in [0.25, 0.3) is 0 Å². The quantitative estimate of drug-likeness (QED) is 0.846. The maximum absolute atomic E-state index is 11.3. The minimum Gasteiger partial charge on any atom is -0.330 e. The lowest BCUT2D eigenvalue weighted by Crippen LogP contribution is -2.36. The van der Waals surface area contributed by atoms with E-state index in [2.05, 4.69) is 43.2 Å². The third-order valence-electron chi connectivity index (χ3n) is 3.50. The van der Waals surface area contributed by atoms with Crippen molar-refractivity contribution in [1.29, 1.82) is 0 Å². The fraction of sp³-hybridized carbons (Fsp3) is 0.533. The Hall–Kier alpha value is -1.39. The average molecular weight is 261 g/mol. The molecule has 0 atom stereocenters. The molecule has 1 aromatic carbocycles. The van der Waals surface area contributed by atoms with Gasteiger partial charge < -0.3 is 16.0 Å². The van der Waals surface area contributed by atoms with Crippen molar-refractivity contribution in [2.75, 3.05) is 25.5 Å². The molecule has 4 heteroatoms. The lowest BCUT2D eigenvalue weighted by atomic mass is 9.93. The molecule has 0 bridgehead atoms. The van der Waals surface area contributed by atoms with Crippen LogP contribution in [-0.2, 0) is 17.8 Å². The van der Waals surface area contributed by atoms with Gasteiger partial charge in [0.15, 0.2) is 0 Å². The average Bonchev–Trinajstić information content (AvgIpc) is 2.67. The van der Waals surface area contributed by atoms with E-state index in [0.717, 1.165) is 24.3 Å². The minimum atomic E-state index is 0.0877. The number of fused-ring (bicyclic) bond motifs is 1. The minimum absolute atomic E-state index is 0.0877. The van der Waals surface area contributed by atoms with Crippen molar-refractivity contribution in [2.45, 2.75) is 26.8 Å². The Morgan fingerprint density at radius 2 is 2.16 bits per heavy atom. The molecule has 4 nitrogen and oxygen atoms in total. The third-order valence-corrected chi connectivity index (χ3v) is 3.50. The molecule has 0 saturated heterocycles. The molecule has 1 heterocycles. The Morgan fingerprint density at radius 1 is 1.42 bits per heavy atom. The summed E-state index contributed by atoms with van der Waals surface area (Å²) in [5, 5.41) is 2.86. The van der Waals surface area contributed by atoms with Gasteiger partial charge in [0.05, 0.1) is 6.42 Å². The molecule has 0 unspecified atom stereocenters.